The van der Waals surface area contributed by atoms with Gasteiger partial charge in [-0.15, -0.1) is 0 Å². The molecule has 1 N–H and O–H groups in total. The molecule has 0 aromatic heterocycles. The van der Waals surface area contributed by atoms with E-state index >= 15 is 0 Å². The molecule has 2 rings (SSSR count). The molecular weight excluding hydrogens is 310 g/mol. The minimum atomic E-state index is -0.160. The van der Waals surface area contributed by atoms with Crippen LogP contribution in [0.25, 0.3) is 0 Å². The van der Waals surface area contributed by atoms with E-state index in [1.165, 1.54) is 0 Å². The van der Waals surface area contributed by atoms with Crippen LogP contribution >= 0.6 is 11.6 Å². The lowest BCUT2D eigenvalue weighted by Crippen LogP contribution is -2.17. The average Bonchev–Trinajstić information content (AvgIpc) is 2.56. The van der Waals surface area contributed by atoms with Crippen molar-refractivity contribution in [3.8, 4) is 0 Å². The summed E-state index contributed by atoms with van der Waals surface area (Å²) in [5, 5.41) is 3.17. The molecule has 0 aliphatic carbocycles. The highest BCUT2D eigenvalue weighted by Gasteiger charge is 2.18. The number of hydrogen-bond acceptors (Lipinski definition) is 2. The molecule has 0 spiro atoms. The monoisotopic (exact) mass is 329 g/mol. The van der Waals surface area contributed by atoms with Gasteiger partial charge in [0, 0.05) is 17.5 Å². The fourth-order valence-corrected chi connectivity index (χ4v) is 2.46. The summed E-state index contributed by atoms with van der Waals surface area (Å²) in [7, 11) is 0. The molecule has 0 aliphatic heterocycles. The molecule has 1 unspecified atom stereocenters. The van der Waals surface area contributed by atoms with Gasteiger partial charge in [-0.1, -0.05) is 68.3 Å². The minimum Gasteiger partial charge on any atom is -0.324 e. The van der Waals surface area contributed by atoms with Crippen molar-refractivity contribution >= 4 is 29.0 Å². The lowest BCUT2D eigenvalue weighted by molar-refractivity contribution is -0.117. The Morgan fingerprint density at radius 2 is 1.78 bits per heavy atom. The molecule has 0 bridgehead atoms. The Labute approximate surface area is 141 Å². The second kappa shape index (κ2) is 7.93. The molecule has 0 fully saturated rings. The molecule has 2 aromatic carbocycles. The predicted octanol–water partition coefficient (Wildman–Crippen LogP) is 4.95. The van der Waals surface area contributed by atoms with Gasteiger partial charge in [0.1, 0.15) is 0 Å². The van der Waals surface area contributed by atoms with E-state index in [9.17, 15) is 9.59 Å². The maximum Gasteiger partial charge on any atom is 0.224 e. The maximum absolute atomic E-state index is 12.7. The van der Waals surface area contributed by atoms with Crippen LogP contribution in [0.15, 0.2) is 48.5 Å². The zero-order chi connectivity index (χ0) is 16.8. The van der Waals surface area contributed by atoms with Crippen molar-refractivity contribution < 1.29 is 9.59 Å². The van der Waals surface area contributed by atoms with Crippen LogP contribution in [0.3, 0.4) is 0 Å². The Hall–Kier alpha value is -2.13. The van der Waals surface area contributed by atoms with Gasteiger partial charge in [-0.3, -0.25) is 9.59 Å². The van der Waals surface area contributed by atoms with Crippen LogP contribution in [0.4, 0.5) is 5.69 Å². The van der Waals surface area contributed by atoms with Gasteiger partial charge in [-0.2, -0.15) is 0 Å². The van der Waals surface area contributed by atoms with Crippen molar-refractivity contribution in [3.63, 3.8) is 0 Å². The van der Waals surface area contributed by atoms with E-state index in [1.54, 1.807) is 42.5 Å². The van der Waals surface area contributed by atoms with E-state index in [0.29, 0.717) is 28.3 Å². The van der Waals surface area contributed by atoms with Crippen LogP contribution in [0.5, 0.6) is 0 Å². The van der Waals surface area contributed by atoms with E-state index in [1.807, 2.05) is 19.9 Å². The zero-order valence-electron chi connectivity index (χ0n) is 13.3. The quantitative estimate of drug-likeness (QED) is 0.762. The summed E-state index contributed by atoms with van der Waals surface area (Å²) in [6, 6.07) is 14.0. The summed E-state index contributed by atoms with van der Waals surface area (Å²) >= 11 is 6.21. The fraction of sp³-hybridized carbons (Fsp3) is 0.263. The van der Waals surface area contributed by atoms with Crippen LogP contribution in [0, 0.1) is 5.92 Å². The van der Waals surface area contributed by atoms with Crippen LogP contribution < -0.4 is 5.32 Å². The number of carbonyl (C=O) groups is 2. The first-order valence-electron chi connectivity index (χ1n) is 7.71. The van der Waals surface area contributed by atoms with Crippen LogP contribution in [-0.2, 0) is 4.79 Å². The highest BCUT2D eigenvalue weighted by molar-refractivity contribution is 6.35. The normalized spacial score (nSPS) is 11.8. The lowest BCUT2D eigenvalue weighted by atomic mass is 10.0. The first-order chi connectivity index (χ1) is 11.0. The van der Waals surface area contributed by atoms with Gasteiger partial charge < -0.3 is 5.32 Å². The molecule has 0 saturated carbocycles. The number of anilines is 1. The molecule has 0 aliphatic rings. The van der Waals surface area contributed by atoms with Crippen molar-refractivity contribution in [2.45, 2.75) is 26.7 Å². The number of nitrogens with one attached hydrogen (secondary N) is 1. The number of hydrogen-bond donors (Lipinski definition) is 1. The second-order valence-corrected chi connectivity index (χ2v) is 6.03. The number of carbonyl (C=O) groups excluding carboxylic acids is 2. The van der Waals surface area contributed by atoms with Crippen LogP contribution in [0.2, 0.25) is 5.02 Å². The van der Waals surface area contributed by atoms with Gasteiger partial charge in [0.2, 0.25) is 5.91 Å². The first-order valence-corrected chi connectivity index (χ1v) is 8.08. The zero-order valence-corrected chi connectivity index (χ0v) is 14.1. The maximum atomic E-state index is 12.7. The third kappa shape index (κ3) is 4.42. The van der Waals surface area contributed by atoms with E-state index < -0.39 is 0 Å². The molecule has 2 aromatic rings. The summed E-state index contributed by atoms with van der Waals surface area (Å²) < 4.78 is 0. The average molecular weight is 330 g/mol. The van der Waals surface area contributed by atoms with Crippen molar-refractivity contribution in [3.05, 3.63) is 64.7 Å². The van der Waals surface area contributed by atoms with Gasteiger partial charge in [-0.05, 0) is 18.1 Å². The highest BCUT2D eigenvalue weighted by Crippen LogP contribution is 2.28. The Balaban J connectivity index is 2.30. The summed E-state index contributed by atoms with van der Waals surface area (Å²) in [5.41, 5.74) is 1.35. The van der Waals surface area contributed by atoms with E-state index in [-0.39, 0.29) is 17.6 Å². The number of para-hydroxylation sites is 1. The van der Waals surface area contributed by atoms with Crippen molar-refractivity contribution in [1.82, 2.24) is 0 Å². The van der Waals surface area contributed by atoms with Gasteiger partial charge in [-0.25, -0.2) is 0 Å². The summed E-state index contributed by atoms with van der Waals surface area (Å²) in [4.78, 5) is 24.8. The first kappa shape index (κ1) is 17.2. The molecule has 0 radical (unpaired) electrons. The lowest BCUT2D eigenvalue weighted by Gasteiger charge is -2.14. The van der Waals surface area contributed by atoms with Crippen LogP contribution in [0.1, 0.15) is 42.6 Å². The van der Waals surface area contributed by atoms with Crippen molar-refractivity contribution in [2.24, 2.45) is 5.92 Å². The summed E-state index contributed by atoms with van der Waals surface area (Å²) in [6.45, 7) is 4.06. The number of halogens is 1. The molecule has 1 amide bonds. The number of ketones is 1. The number of benzene rings is 2. The number of amides is 1. The Kier molecular flexibility index (Phi) is 5.94. The minimum absolute atomic E-state index is 0.130. The third-order valence-electron chi connectivity index (χ3n) is 3.79. The largest absolute Gasteiger partial charge is 0.324 e. The summed E-state index contributed by atoms with van der Waals surface area (Å²) in [5.74, 6) is -0.00716. The van der Waals surface area contributed by atoms with Crippen molar-refractivity contribution in [1.29, 1.82) is 0 Å². The molecule has 120 valence electrons. The van der Waals surface area contributed by atoms with E-state index in [2.05, 4.69) is 5.32 Å². The Bertz CT molecular complexity index is 698. The molecule has 1 atom stereocenters. The molecule has 4 heteroatoms. The molecule has 0 saturated heterocycles. The third-order valence-corrected chi connectivity index (χ3v) is 4.10. The van der Waals surface area contributed by atoms with Crippen molar-refractivity contribution in [2.75, 3.05) is 5.32 Å². The molecule has 23 heavy (non-hydrogen) atoms. The number of rotatable bonds is 6. The highest BCUT2D eigenvalue weighted by atomic mass is 35.5. The Morgan fingerprint density at radius 1 is 1.09 bits per heavy atom. The smallest absolute Gasteiger partial charge is 0.224 e. The van der Waals surface area contributed by atoms with E-state index in [0.717, 1.165) is 6.42 Å². The van der Waals surface area contributed by atoms with Gasteiger partial charge in [0.05, 0.1) is 10.7 Å². The standard InChI is InChI=1S/C19H20ClNO2/c1-3-13(2)12-17(22)21-18-15(10-7-11-16(18)20)19(23)14-8-5-4-6-9-14/h4-11,13H,3,12H2,1-2H3,(H,21,22). The molecule has 3 nitrogen and oxygen atoms in total. The SMILES string of the molecule is CCC(C)CC(=O)Nc1c(Cl)cccc1C(=O)c1ccccc1. The van der Waals surface area contributed by atoms with E-state index in [4.69, 9.17) is 11.6 Å². The summed E-state index contributed by atoms with van der Waals surface area (Å²) in [6.07, 6.45) is 1.33. The predicted molar refractivity (Wildman–Crippen MR) is 94.0 cm³/mol. The fourth-order valence-electron chi connectivity index (χ4n) is 2.24. The van der Waals surface area contributed by atoms with Gasteiger partial charge >= 0.3 is 0 Å². The van der Waals surface area contributed by atoms with Crippen LogP contribution in [-0.4, -0.2) is 11.7 Å². The second-order valence-electron chi connectivity index (χ2n) is 5.62. The Morgan fingerprint density at radius 3 is 2.43 bits per heavy atom. The topological polar surface area (TPSA) is 46.2 Å². The molecular formula is C19H20ClNO2. The van der Waals surface area contributed by atoms with Gasteiger partial charge in [0.15, 0.2) is 5.78 Å². The molecule has 0 heterocycles. The van der Waals surface area contributed by atoms with Gasteiger partial charge in [0.25, 0.3) is 0 Å².